The van der Waals surface area contributed by atoms with Crippen LogP contribution in [0.5, 0.6) is 0 Å². The molecule has 0 saturated carbocycles. The van der Waals surface area contributed by atoms with E-state index in [-0.39, 0.29) is 5.82 Å². The lowest BCUT2D eigenvalue weighted by atomic mass is 10.0. The van der Waals surface area contributed by atoms with Crippen LogP contribution >= 0.6 is 0 Å². The summed E-state index contributed by atoms with van der Waals surface area (Å²) in [5.41, 5.74) is 2.40. The van der Waals surface area contributed by atoms with Gasteiger partial charge in [-0.15, -0.1) is 0 Å². The molecule has 1 aromatic carbocycles. The van der Waals surface area contributed by atoms with Gasteiger partial charge in [0.2, 0.25) is 6.41 Å². The summed E-state index contributed by atoms with van der Waals surface area (Å²) in [6, 6.07) is 2.81. The standard InChI is InChI=1S/C10H12FNO/c1-3-8-4-9(11)5-10(7(8)2)12-6-13/h4-6H,3H2,1-2H3,(H,12,13). The number of amides is 1. The number of halogens is 1. The molecule has 1 amide bonds. The van der Waals surface area contributed by atoms with Crippen molar-refractivity contribution in [2.24, 2.45) is 0 Å². The Hall–Kier alpha value is -1.38. The van der Waals surface area contributed by atoms with Gasteiger partial charge in [0, 0.05) is 5.69 Å². The predicted molar refractivity (Wildman–Crippen MR) is 50.2 cm³/mol. The fourth-order valence-corrected chi connectivity index (χ4v) is 1.32. The Balaban J connectivity index is 3.18. The molecule has 0 spiro atoms. The van der Waals surface area contributed by atoms with Crippen LogP contribution < -0.4 is 5.32 Å². The molecule has 0 fully saturated rings. The van der Waals surface area contributed by atoms with Gasteiger partial charge in [0.25, 0.3) is 0 Å². The summed E-state index contributed by atoms with van der Waals surface area (Å²) >= 11 is 0. The highest BCUT2D eigenvalue weighted by Crippen LogP contribution is 2.20. The van der Waals surface area contributed by atoms with Gasteiger partial charge in [0.15, 0.2) is 0 Å². The molecular formula is C10H12FNO. The van der Waals surface area contributed by atoms with Crippen molar-refractivity contribution in [3.8, 4) is 0 Å². The van der Waals surface area contributed by atoms with E-state index in [0.717, 1.165) is 17.5 Å². The average molecular weight is 181 g/mol. The Bertz CT molecular complexity index is 323. The average Bonchev–Trinajstić information content (AvgIpc) is 2.11. The number of benzene rings is 1. The van der Waals surface area contributed by atoms with Gasteiger partial charge in [-0.1, -0.05) is 6.92 Å². The van der Waals surface area contributed by atoms with Crippen LogP contribution in [0.15, 0.2) is 12.1 Å². The second kappa shape index (κ2) is 4.03. The van der Waals surface area contributed by atoms with E-state index < -0.39 is 0 Å². The minimum Gasteiger partial charge on any atom is -0.328 e. The number of rotatable bonds is 3. The molecule has 70 valence electrons. The first-order chi connectivity index (χ1) is 6.19. The molecule has 0 aliphatic rings. The molecule has 1 rings (SSSR count). The van der Waals surface area contributed by atoms with Gasteiger partial charge in [-0.3, -0.25) is 4.79 Å². The van der Waals surface area contributed by atoms with Crippen molar-refractivity contribution in [1.82, 2.24) is 0 Å². The molecule has 3 heteroatoms. The van der Waals surface area contributed by atoms with Crippen molar-refractivity contribution in [2.45, 2.75) is 20.3 Å². The van der Waals surface area contributed by atoms with E-state index in [4.69, 9.17) is 0 Å². The van der Waals surface area contributed by atoms with Crippen molar-refractivity contribution < 1.29 is 9.18 Å². The van der Waals surface area contributed by atoms with Gasteiger partial charge in [-0.05, 0) is 36.6 Å². The number of nitrogens with one attached hydrogen (secondary N) is 1. The summed E-state index contributed by atoms with van der Waals surface area (Å²) in [6.45, 7) is 3.82. The highest BCUT2D eigenvalue weighted by Gasteiger charge is 2.04. The molecule has 0 aromatic heterocycles. The van der Waals surface area contributed by atoms with Crippen LogP contribution in [0, 0.1) is 12.7 Å². The van der Waals surface area contributed by atoms with Crippen LogP contribution in [-0.2, 0) is 11.2 Å². The van der Waals surface area contributed by atoms with Crippen molar-refractivity contribution >= 4 is 12.1 Å². The summed E-state index contributed by atoms with van der Waals surface area (Å²) < 4.78 is 13.0. The number of anilines is 1. The van der Waals surface area contributed by atoms with Gasteiger partial charge in [0.05, 0.1) is 0 Å². The summed E-state index contributed by atoms with van der Waals surface area (Å²) in [5.74, 6) is -0.313. The number of hydrogen-bond acceptors (Lipinski definition) is 1. The highest BCUT2D eigenvalue weighted by molar-refractivity contribution is 5.74. The first-order valence-corrected chi connectivity index (χ1v) is 4.18. The molecule has 1 N–H and O–H groups in total. The zero-order valence-electron chi connectivity index (χ0n) is 7.73. The van der Waals surface area contributed by atoms with Crippen molar-refractivity contribution in [1.29, 1.82) is 0 Å². The zero-order chi connectivity index (χ0) is 9.84. The molecule has 0 unspecified atom stereocenters. The quantitative estimate of drug-likeness (QED) is 0.712. The minimum atomic E-state index is -0.313. The van der Waals surface area contributed by atoms with E-state index in [1.54, 1.807) is 0 Å². The maximum absolute atomic E-state index is 13.0. The molecule has 0 saturated heterocycles. The maximum atomic E-state index is 13.0. The molecular weight excluding hydrogens is 169 g/mol. The van der Waals surface area contributed by atoms with E-state index in [2.05, 4.69) is 5.32 Å². The van der Waals surface area contributed by atoms with Crippen molar-refractivity contribution in [3.63, 3.8) is 0 Å². The second-order valence-electron chi connectivity index (χ2n) is 2.85. The number of carbonyl (C=O) groups excluding carboxylic acids is 1. The lowest BCUT2D eigenvalue weighted by molar-refractivity contribution is -0.105. The molecule has 0 radical (unpaired) electrons. The van der Waals surface area contributed by atoms with E-state index in [1.165, 1.54) is 12.1 Å². The normalized spacial score (nSPS) is 9.77. The van der Waals surface area contributed by atoms with E-state index in [1.807, 2.05) is 13.8 Å². The largest absolute Gasteiger partial charge is 0.328 e. The smallest absolute Gasteiger partial charge is 0.211 e. The lowest BCUT2D eigenvalue weighted by Gasteiger charge is -2.08. The van der Waals surface area contributed by atoms with Crippen LogP contribution in [-0.4, -0.2) is 6.41 Å². The topological polar surface area (TPSA) is 29.1 Å². The van der Waals surface area contributed by atoms with E-state index in [0.29, 0.717) is 12.1 Å². The molecule has 1 aromatic rings. The monoisotopic (exact) mass is 181 g/mol. The SMILES string of the molecule is CCc1cc(F)cc(NC=O)c1C. The number of carbonyl (C=O) groups is 1. The fraction of sp³-hybridized carbons (Fsp3) is 0.300. The second-order valence-corrected chi connectivity index (χ2v) is 2.85. The molecule has 0 heterocycles. The summed E-state index contributed by atoms with van der Waals surface area (Å²) in [6.07, 6.45) is 1.32. The third-order valence-corrected chi connectivity index (χ3v) is 2.08. The first kappa shape index (κ1) is 9.71. The van der Waals surface area contributed by atoms with Gasteiger partial charge in [-0.2, -0.15) is 0 Å². The van der Waals surface area contributed by atoms with Crippen molar-refractivity contribution in [3.05, 3.63) is 29.1 Å². The van der Waals surface area contributed by atoms with Gasteiger partial charge in [0.1, 0.15) is 5.82 Å². The fourth-order valence-electron chi connectivity index (χ4n) is 1.32. The Morgan fingerprint density at radius 2 is 2.23 bits per heavy atom. The Morgan fingerprint density at radius 1 is 1.54 bits per heavy atom. The number of hydrogen-bond donors (Lipinski definition) is 1. The van der Waals surface area contributed by atoms with Crippen LogP contribution in [0.25, 0.3) is 0 Å². The Kier molecular flexibility index (Phi) is 3.01. The molecule has 13 heavy (non-hydrogen) atoms. The third kappa shape index (κ3) is 2.05. The summed E-state index contributed by atoms with van der Waals surface area (Å²) in [4.78, 5) is 10.2. The van der Waals surface area contributed by atoms with Gasteiger partial charge >= 0.3 is 0 Å². The van der Waals surface area contributed by atoms with Crippen LogP contribution in [0.3, 0.4) is 0 Å². The molecule has 0 aliphatic heterocycles. The van der Waals surface area contributed by atoms with E-state index in [9.17, 15) is 9.18 Å². The summed E-state index contributed by atoms with van der Waals surface area (Å²) in [7, 11) is 0. The highest BCUT2D eigenvalue weighted by atomic mass is 19.1. The first-order valence-electron chi connectivity index (χ1n) is 4.18. The number of aryl methyl sites for hydroxylation is 1. The van der Waals surface area contributed by atoms with Gasteiger partial charge in [-0.25, -0.2) is 4.39 Å². The van der Waals surface area contributed by atoms with Crippen LogP contribution in [0.2, 0.25) is 0 Å². The Labute approximate surface area is 76.8 Å². The maximum Gasteiger partial charge on any atom is 0.211 e. The van der Waals surface area contributed by atoms with Crippen LogP contribution in [0.1, 0.15) is 18.1 Å². The summed E-state index contributed by atoms with van der Waals surface area (Å²) in [5, 5.41) is 2.47. The van der Waals surface area contributed by atoms with Gasteiger partial charge < -0.3 is 5.32 Å². The molecule has 0 aliphatic carbocycles. The zero-order valence-corrected chi connectivity index (χ0v) is 7.73. The minimum absolute atomic E-state index is 0.313. The lowest BCUT2D eigenvalue weighted by Crippen LogP contribution is -2.00. The molecule has 2 nitrogen and oxygen atoms in total. The van der Waals surface area contributed by atoms with E-state index >= 15 is 0 Å². The third-order valence-electron chi connectivity index (χ3n) is 2.08. The Morgan fingerprint density at radius 3 is 2.77 bits per heavy atom. The van der Waals surface area contributed by atoms with Crippen molar-refractivity contribution in [2.75, 3.05) is 5.32 Å². The molecule has 0 atom stereocenters. The van der Waals surface area contributed by atoms with Crippen LogP contribution in [0.4, 0.5) is 10.1 Å². The molecule has 0 bridgehead atoms. The predicted octanol–water partition coefficient (Wildman–Crippen LogP) is 2.26.